The number of carbonyl (C=O) groups is 1. The van der Waals surface area contributed by atoms with Crippen LogP contribution in [0, 0.1) is 6.92 Å². The predicted molar refractivity (Wildman–Crippen MR) is 99.6 cm³/mol. The Balaban J connectivity index is 0.000000208. The maximum absolute atomic E-state index is 11.6. The number of hydrogen-bond acceptors (Lipinski definition) is 6. The lowest BCUT2D eigenvalue weighted by atomic mass is 10.2. The molecule has 0 spiro atoms. The van der Waals surface area contributed by atoms with Gasteiger partial charge in [-0.05, 0) is 24.6 Å². The summed E-state index contributed by atoms with van der Waals surface area (Å²) in [5.41, 5.74) is 1.92. The van der Waals surface area contributed by atoms with Gasteiger partial charge in [0.25, 0.3) is 10.1 Å². The van der Waals surface area contributed by atoms with E-state index in [9.17, 15) is 18.3 Å². The van der Waals surface area contributed by atoms with Crippen LogP contribution in [0.3, 0.4) is 0 Å². The number of rotatable bonds is 4. The van der Waals surface area contributed by atoms with E-state index in [1.54, 1.807) is 12.1 Å². The molecular formula is C19H23NO6S. The van der Waals surface area contributed by atoms with Crippen molar-refractivity contribution in [1.82, 2.24) is 5.32 Å². The Morgan fingerprint density at radius 3 is 2.30 bits per heavy atom. The molecule has 3 rings (SSSR count). The molecule has 0 aliphatic carbocycles. The normalized spacial score (nSPS) is 19.1. The van der Waals surface area contributed by atoms with E-state index in [1.807, 2.05) is 37.3 Å². The first-order chi connectivity index (χ1) is 12.8. The molecule has 0 bridgehead atoms. The van der Waals surface area contributed by atoms with Crippen LogP contribution in [0.15, 0.2) is 59.5 Å². The zero-order valence-corrected chi connectivity index (χ0v) is 15.7. The van der Waals surface area contributed by atoms with Crippen LogP contribution in [0.25, 0.3) is 0 Å². The molecule has 7 nitrogen and oxygen atoms in total. The van der Waals surface area contributed by atoms with Crippen molar-refractivity contribution in [3.63, 3.8) is 0 Å². The third-order valence-electron chi connectivity index (χ3n) is 3.93. The summed E-state index contributed by atoms with van der Waals surface area (Å²) in [6.45, 7) is 2.59. The van der Waals surface area contributed by atoms with Crippen molar-refractivity contribution in [3.8, 4) is 0 Å². The molecule has 2 unspecified atom stereocenters. The van der Waals surface area contributed by atoms with Crippen molar-refractivity contribution in [3.05, 3.63) is 65.7 Å². The van der Waals surface area contributed by atoms with E-state index in [4.69, 9.17) is 9.29 Å². The number of carbonyl (C=O) groups excluding carboxylic acids is 1. The largest absolute Gasteiger partial charge is 0.460 e. The topological polar surface area (TPSA) is 113 Å². The Morgan fingerprint density at radius 2 is 1.78 bits per heavy atom. The second-order valence-corrected chi connectivity index (χ2v) is 7.65. The molecule has 1 aliphatic rings. The number of ether oxygens (including phenoxy) is 1. The molecule has 1 heterocycles. The minimum Gasteiger partial charge on any atom is -0.460 e. The summed E-state index contributed by atoms with van der Waals surface area (Å²) >= 11 is 0. The number of hydrogen-bond donors (Lipinski definition) is 3. The minimum absolute atomic E-state index is 0.0666. The maximum atomic E-state index is 11.6. The van der Waals surface area contributed by atoms with Crippen molar-refractivity contribution in [2.75, 3.05) is 6.54 Å². The zero-order chi connectivity index (χ0) is 19.9. The molecule has 2 atom stereocenters. The van der Waals surface area contributed by atoms with Crippen LogP contribution in [0.1, 0.15) is 17.5 Å². The van der Waals surface area contributed by atoms with Gasteiger partial charge in [0.15, 0.2) is 0 Å². The van der Waals surface area contributed by atoms with Crippen molar-refractivity contribution < 1.29 is 27.6 Å². The molecule has 0 amide bonds. The van der Waals surface area contributed by atoms with Gasteiger partial charge in [-0.1, -0.05) is 48.0 Å². The summed E-state index contributed by atoms with van der Waals surface area (Å²) in [7, 11) is -4.02. The van der Waals surface area contributed by atoms with Gasteiger partial charge in [-0.2, -0.15) is 8.42 Å². The summed E-state index contributed by atoms with van der Waals surface area (Å²) in [5, 5.41) is 12.2. The molecule has 0 aromatic heterocycles. The number of aryl methyl sites for hydroxylation is 1. The first-order valence-corrected chi connectivity index (χ1v) is 9.86. The second kappa shape index (κ2) is 9.61. The van der Waals surface area contributed by atoms with E-state index in [0.717, 1.165) is 11.1 Å². The van der Waals surface area contributed by atoms with E-state index >= 15 is 0 Å². The van der Waals surface area contributed by atoms with Crippen LogP contribution >= 0.6 is 0 Å². The summed E-state index contributed by atoms with van der Waals surface area (Å²) < 4.78 is 34.7. The summed E-state index contributed by atoms with van der Waals surface area (Å²) in [6.07, 6.45) is 0.00226. The fourth-order valence-electron chi connectivity index (χ4n) is 2.44. The summed E-state index contributed by atoms with van der Waals surface area (Å²) in [4.78, 5) is 11.5. The molecule has 1 saturated heterocycles. The molecule has 27 heavy (non-hydrogen) atoms. The highest BCUT2D eigenvalue weighted by molar-refractivity contribution is 7.85. The van der Waals surface area contributed by atoms with Gasteiger partial charge in [0.1, 0.15) is 12.6 Å². The first-order valence-electron chi connectivity index (χ1n) is 8.42. The van der Waals surface area contributed by atoms with E-state index in [0.29, 0.717) is 13.0 Å². The SMILES string of the molecule is Cc1ccc(S(=O)(=O)O)cc1.O=C(OCc1ccccc1)C1CC(O)CN1. The average molecular weight is 393 g/mol. The van der Waals surface area contributed by atoms with Crippen molar-refractivity contribution in [2.24, 2.45) is 0 Å². The van der Waals surface area contributed by atoms with Gasteiger partial charge in [0.2, 0.25) is 0 Å². The molecule has 1 aliphatic heterocycles. The number of nitrogens with one attached hydrogen (secondary N) is 1. The first kappa shape index (κ1) is 21.0. The highest BCUT2D eigenvalue weighted by Crippen LogP contribution is 2.10. The average Bonchev–Trinajstić information content (AvgIpc) is 3.07. The van der Waals surface area contributed by atoms with Crippen LogP contribution in [-0.4, -0.2) is 42.7 Å². The maximum Gasteiger partial charge on any atom is 0.323 e. The Labute approximate surface area is 158 Å². The van der Waals surface area contributed by atoms with Crippen molar-refractivity contribution in [2.45, 2.75) is 37.0 Å². The Bertz CT molecular complexity index is 836. The standard InChI is InChI=1S/C12H15NO3.C7H8O3S/c14-10-6-11(13-7-10)12(15)16-8-9-4-2-1-3-5-9;1-6-2-4-7(5-3-6)11(8,9)10/h1-5,10-11,13-14H,6-8H2;2-5H,1H3,(H,8,9,10). The highest BCUT2D eigenvalue weighted by Gasteiger charge is 2.29. The highest BCUT2D eigenvalue weighted by atomic mass is 32.2. The van der Waals surface area contributed by atoms with Crippen LogP contribution in [0.5, 0.6) is 0 Å². The minimum atomic E-state index is -4.02. The van der Waals surface area contributed by atoms with Crippen LogP contribution in [0.4, 0.5) is 0 Å². The zero-order valence-electron chi connectivity index (χ0n) is 14.9. The van der Waals surface area contributed by atoms with Crippen LogP contribution in [-0.2, 0) is 26.3 Å². The van der Waals surface area contributed by atoms with E-state index in [-0.39, 0.29) is 23.5 Å². The molecule has 0 saturated carbocycles. The van der Waals surface area contributed by atoms with Gasteiger partial charge < -0.3 is 15.2 Å². The fraction of sp³-hybridized carbons (Fsp3) is 0.316. The number of esters is 1. The second-order valence-electron chi connectivity index (χ2n) is 6.23. The van der Waals surface area contributed by atoms with Crippen molar-refractivity contribution >= 4 is 16.1 Å². The lowest BCUT2D eigenvalue weighted by Gasteiger charge is -2.10. The molecule has 0 radical (unpaired) electrons. The molecule has 146 valence electrons. The third-order valence-corrected chi connectivity index (χ3v) is 4.80. The van der Waals surface area contributed by atoms with Gasteiger partial charge >= 0.3 is 5.97 Å². The molecule has 3 N–H and O–H groups in total. The number of aliphatic hydroxyl groups excluding tert-OH is 1. The molecule has 2 aromatic rings. The molecule has 1 fully saturated rings. The number of aliphatic hydroxyl groups is 1. The summed E-state index contributed by atoms with van der Waals surface area (Å²) in [5.74, 6) is -0.291. The van der Waals surface area contributed by atoms with Gasteiger partial charge in [-0.25, -0.2) is 0 Å². The van der Waals surface area contributed by atoms with Gasteiger partial charge in [-0.15, -0.1) is 0 Å². The Hall–Kier alpha value is -2.26. The predicted octanol–water partition coefficient (Wildman–Crippen LogP) is 1.69. The Kier molecular flexibility index (Phi) is 7.49. The van der Waals surface area contributed by atoms with Gasteiger partial charge in [0, 0.05) is 13.0 Å². The quantitative estimate of drug-likeness (QED) is 0.535. The molecular weight excluding hydrogens is 370 g/mol. The third kappa shape index (κ3) is 7.10. The number of benzene rings is 2. The van der Waals surface area contributed by atoms with Crippen LogP contribution < -0.4 is 5.32 Å². The van der Waals surface area contributed by atoms with E-state index in [2.05, 4.69) is 5.32 Å². The van der Waals surface area contributed by atoms with E-state index in [1.165, 1.54) is 12.1 Å². The Morgan fingerprint density at radius 1 is 1.15 bits per heavy atom. The van der Waals surface area contributed by atoms with E-state index < -0.39 is 16.2 Å². The lowest BCUT2D eigenvalue weighted by molar-refractivity contribution is -0.147. The smallest absolute Gasteiger partial charge is 0.323 e. The van der Waals surface area contributed by atoms with Gasteiger partial charge in [-0.3, -0.25) is 9.35 Å². The molecule has 2 aromatic carbocycles. The molecule has 8 heteroatoms. The van der Waals surface area contributed by atoms with Crippen molar-refractivity contribution in [1.29, 1.82) is 0 Å². The van der Waals surface area contributed by atoms with Crippen LogP contribution in [0.2, 0.25) is 0 Å². The monoisotopic (exact) mass is 393 g/mol. The van der Waals surface area contributed by atoms with Gasteiger partial charge in [0.05, 0.1) is 11.0 Å². The lowest BCUT2D eigenvalue weighted by Crippen LogP contribution is -2.32. The summed E-state index contributed by atoms with van der Waals surface area (Å²) in [6, 6.07) is 15.2. The number of β-amino-alcohol motifs (C(OH)–C–C–N with tert-alkyl or cyclic N) is 1. The fourth-order valence-corrected chi connectivity index (χ4v) is 2.92.